The lowest BCUT2D eigenvalue weighted by Gasteiger charge is -2.16. The maximum atomic E-state index is 12.9. The molecule has 0 saturated heterocycles. The first kappa shape index (κ1) is 16.9. The average molecular weight is 393 g/mol. The molecule has 0 spiro atoms. The molecule has 0 atom stereocenters. The van der Waals surface area contributed by atoms with Crippen LogP contribution in [0, 0.1) is 0 Å². The summed E-state index contributed by atoms with van der Waals surface area (Å²) in [7, 11) is 0. The molecule has 2 aromatic heterocycles. The van der Waals surface area contributed by atoms with E-state index in [1.54, 1.807) is 6.26 Å². The van der Waals surface area contributed by atoms with Gasteiger partial charge in [-0.1, -0.05) is 36.4 Å². The van der Waals surface area contributed by atoms with Crippen LogP contribution < -0.4 is 5.32 Å². The second-order valence-electron chi connectivity index (χ2n) is 7.69. The van der Waals surface area contributed by atoms with E-state index in [0.717, 1.165) is 38.7 Å². The number of hydrogen-bond donors (Lipinski definition) is 2. The third kappa shape index (κ3) is 2.75. The number of nitrogens with zero attached hydrogens (tertiary/aromatic N) is 1. The van der Waals surface area contributed by atoms with Gasteiger partial charge in [-0.3, -0.25) is 0 Å². The zero-order chi connectivity index (χ0) is 20.1. The summed E-state index contributed by atoms with van der Waals surface area (Å²) >= 11 is 0. The fourth-order valence-corrected chi connectivity index (χ4v) is 4.23. The van der Waals surface area contributed by atoms with Gasteiger partial charge >= 0.3 is 6.03 Å². The highest BCUT2D eigenvalue weighted by Crippen LogP contribution is 2.31. The summed E-state index contributed by atoms with van der Waals surface area (Å²) in [6.45, 7) is 1.22. The smallest absolute Gasteiger partial charge is 0.322 e. The largest absolute Gasteiger partial charge is 0.464 e. The zero-order valence-electron chi connectivity index (χ0n) is 16.2. The summed E-state index contributed by atoms with van der Waals surface area (Å²) in [5.74, 6) is 0. The minimum absolute atomic E-state index is 0.0858. The molecule has 0 fully saturated rings. The molecule has 30 heavy (non-hydrogen) atoms. The Morgan fingerprint density at radius 2 is 1.77 bits per heavy atom. The molecule has 2 N–H and O–H groups in total. The van der Waals surface area contributed by atoms with Crippen LogP contribution in [0.25, 0.3) is 33.0 Å². The lowest BCUT2D eigenvalue weighted by molar-refractivity contribution is 0.212. The number of para-hydroxylation sites is 1. The summed E-state index contributed by atoms with van der Waals surface area (Å²) in [6, 6.07) is 22.5. The number of fused-ring (bicyclic) bond motifs is 3. The van der Waals surface area contributed by atoms with Gasteiger partial charge in [-0.2, -0.15) is 0 Å². The molecular weight excluding hydrogens is 374 g/mol. The zero-order valence-corrected chi connectivity index (χ0v) is 16.2. The third-order valence-corrected chi connectivity index (χ3v) is 5.83. The van der Waals surface area contributed by atoms with Gasteiger partial charge in [0.05, 0.1) is 12.0 Å². The highest BCUT2D eigenvalue weighted by Gasteiger charge is 2.24. The first-order chi connectivity index (χ1) is 14.7. The molecule has 0 radical (unpaired) electrons. The Labute approximate surface area is 172 Å². The van der Waals surface area contributed by atoms with Crippen LogP contribution in [0.15, 0.2) is 83.6 Å². The van der Waals surface area contributed by atoms with Gasteiger partial charge in [-0.25, -0.2) is 4.79 Å². The summed E-state index contributed by atoms with van der Waals surface area (Å²) in [5.41, 5.74) is 7.38. The van der Waals surface area contributed by atoms with E-state index in [1.165, 1.54) is 11.1 Å². The minimum Gasteiger partial charge on any atom is -0.464 e. The van der Waals surface area contributed by atoms with Crippen molar-refractivity contribution in [2.45, 2.75) is 13.1 Å². The van der Waals surface area contributed by atoms with Crippen molar-refractivity contribution < 1.29 is 9.21 Å². The molecule has 5 nitrogen and oxygen atoms in total. The van der Waals surface area contributed by atoms with E-state index >= 15 is 0 Å². The van der Waals surface area contributed by atoms with Gasteiger partial charge < -0.3 is 19.6 Å². The lowest BCUT2D eigenvalue weighted by Crippen LogP contribution is -2.30. The number of aromatic nitrogens is 1. The molecule has 146 valence electrons. The number of H-pyrrole nitrogens is 1. The summed E-state index contributed by atoms with van der Waals surface area (Å²) in [5, 5.41) is 5.15. The Morgan fingerprint density at radius 3 is 2.73 bits per heavy atom. The summed E-state index contributed by atoms with van der Waals surface area (Å²) in [6.07, 6.45) is 3.55. The molecule has 5 heteroatoms. The number of carbonyl (C=O) groups is 1. The van der Waals surface area contributed by atoms with Crippen molar-refractivity contribution in [1.82, 2.24) is 9.88 Å². The predicted molar refractivity (Wildman–Crippen MR) is 118 cm³/mol. The van der Waals surface area contributed by atoms with E-state index < -0.39 is 0 Å². The maximum Gasteiger partial charge on any atom is 0.322 e. The molecule has 0 aliphatic carbocycles. The molecule has 5 aromatic rings. The van der Waals surface area contributed by atoms with Crippen LogP contribution in [0.5, 0.6) is 0 Å². The Kier molecular flexibility index (Phi) is 3.68. The lowest BCUT2D eigenvalue weighted by atomic mass is 10.00. The number of anilines is 1. The van der Waals surface area contributed by atoms with Crippen LogP contribution in [-0.2, 0) is 13.1 Å². The minimum atomic E-state index is -0.0858. The van der Waals surface area contributed by atoms with Crippen molar-refractivity contribution in [2.24, 2.45) is 0 Å². The van der Waals surface area contributed by atoms with Gasteiger partial charge in [0.2, 0.25) is 0 Å². The van der Waals surface area contributed by atoms with Gasteiger partial charge in [-0.15, -0.1) is 0 Å². The SMILES string of the molecule is O=C(Nc1c[nH]c2ccccc12)N1Cc2ccc(-c3ccc4occc4c3)cc2C1. The fourth-order valence-electron chi connectivity index (χ4n) is 4.23. The van der Waals surface area contributed by atoms with Crippen LogP contribution in [0.2, 0.25) is 0 Å². The monoisotopic (exact) mass is 393 g/mol. The number of urea groups is 1. The van der Waals surface area contributed by atoms with Crippen molar-refractivity contribution in [3.63, 3.8) is 0 Å². The number of aromatic amines is 1. The van der Waals surface area contributed by atoms with E-state index in [4.69, 9.17) is 4.42 Å². The number of nitrogens with one attached hydrogen (secondary N) is 2. The summed E-state index contributed by atoms with van der Waals surface area (Å²) in [4.78, 5) is 17.9. The molecule has 1 aliphatic heterocycles. The Bertz CT molecular complexity index is 1410. The van der Waals surface area contributed by atoms with Crippen molar-refractivity contribution >= 4 is 33.6 Å². The van der Waals surface area contributed by atoms with E-state index in [-0.39, 0.29) is 6.03 Å². The highest BCUT2D eigenvalue weighted by molar-refractivity contribution is 6.01. The number of benzene rings is 3. The second kappa shape index (κ2) is 6.52. The third-order valence-electron chi connectivity index (χ3n) is 5.83. The van der Waals surface area contributed by atoms with E-state index in [9.17, 15) is 4.79 Å². The van der Waals surface area contributed by atoms with E-state index in [1.807, 2.05) is 47.5 Å². The molecule has 3 aromatic carbocycles. The second-order valence-corrected chi connectivity index (χ2v) is 7.69. The average Bonchev–Trinajstić information content (AvgIpc) is 3.50. The highest BCUT2D eigenvalue weighted by atomic mass is 16.3. The molecule has 0 saturated carbocycles. The molecule has 1 aliphatic rings. The van der Waals surface area contributed by atoms with Crippen LogP contribution in [-0.4, -0.2) is 15.9 Å². The summed E-state index contributed by atoms with van der Waals surface area (Å²) < 4.78 is 5.44. The number of amides is 2. The first-order valence-electron chi connectivity index (χ1n) is 9.96. The number of furan rings is 1. The van der Waals surface area contributed by atoms with Gasteiger partial charge in [0, 0.05) is 35.6 Å². The van der Waals surface area contributed by atoms with Crippen molar-refractivity contribution in [1.29, 1.82) is 0 Å². The van der Waals surface area contributed by atoms with Gasteiger partial charge in [0.15, 0.2) is 0 Å². The molecule has 0 unspecified atom stereocenters. The Balaban J connectivity index is 1.23. The molecule has 0 bridgehead atoms. The topological polar surface area (TPSA) is 61.3 Å². The van der Waals surface area contributed by atoms with E-state index in [0.29, 0.717) is 13.1 Å². The fraction of sp³-hybridized carbons (Fsp3) is 0.0800. The maximum absolute atomic E-state index is 12.9. The van der Waals surface area contributed by atoms with E-state index in [2.05, 4.69) is 40.6 Å². The predicted octanol–water partition coefficient (Wildman–Crippen LogP) is 6.13. The van der Waals surface area contributed by atoms with Crippen LogP contribution in [0.4, 0.5) is 10.5 Å². The van der Waals surface area contributed by atoms with Gasteiger partial charge in [0.25, 0.3) is 0 Å². The standard InChI is InChI=1S/C25H19N3O2/c29-25(27-23-13-26-22-4-2-1-3-21(22)23)28-14-19-6-5-16(12-20(19)15-28)17-7-8-24-18(11-17)9-10-30-24/h1-13,26H,14-15H2,(H,27,29). The molecule has 2 amide bonds. The van der Waals surface area contributed by atoms with Crippen LogP contribution >= 0.6 is 0 Å². The normalized spacial score (nSPS) is 13.1. The molecular formula is C25H19N3O2. The van der Waals surface area contributed by atoms with Crippen molar-refractivity contribution in [2.75, 3.05) is 5.32 Å². The van der Waals surface area contributed by atoms with Crippen LogP contribution in [0.3, 0.4) is 0 Å². The molecule has 6 rings (SSSR count). The Hall–Kier alpha value is -3.99. The number of carbonyl (C=O) groups excluding carboxylic acids is 1. The van der Waals surface area contributed by atoms with Gasteiger partial charge in [0.1, 0.15) is 5.58 Å². The van der Waals surface area contributed by atoms with Crippen molar-refractivity contribution in [3.8, 4) is 11.1 Å². The van der Waals surface area contributed by atoms with Gasteiger partial charge in [-0.05, 0) is 52.6 Å². The number of hydrogen-bond acceptors (Lipinski definition) is 2. The quantitative estimate of drug-likeness (QED) is 0.379. The Morgan fingerprint density at radius 1 is 0.933 bits per heavy atom. The first-order valence-corrected chi connectivity index (χ1v) is 9.96. The number of rotatable bonds is 2. The molecule has 3 heterocycles. The van der Waals surface area contributed by atoms with Crippen LogP contribution in [0.1, 0.15) is 11.1 Å². The van der Waals surface area contributed by atoms with Crippen molar-refractivity contribution in [3.05, 3.63) is 90.3 Å².